The van der Waals surface area contributed by atoms with E-state index in [0.717, 1.165) is 20.5 Å². The molecular formula is C14H15BrN2OS. The van der Waals surface area contributed by atoms with Crippen molar-refractivity contribution in [2.75, 3.05) is 0 Å². The van der Waals surface area contributed by atoms with Crippen LogP contribution in [0.15, 0.2) is 40.2 Å². The quantitative estimate of drug-likeness (QED) is 0.880. The van der Waals surface area contributed by atoms with Gasteiger partial charge in [-0.25, -0.2) is 0 Å². The van der Waals surface area contributed by atoms with Gasteiger partial charge in [-0.3, -0.25) is 4.79 Å². The van der Waals surface area contributed by atoms with E-state index >= 15 is 0 Å². The van der Waals surface area contributed by atoms with Gasteiger partial charge in [0.25, 0.3) is 0 Å². The lowest BCUT2D eigenvalue weighted by Gasteiger charge is -2.08. The van der Waals surface area contributed by atoms with Crippen LogP contribution in [0.3, 0.4) is 0 Å². The van der Waals surface area contributed by atoms with E-state index in [2.05, 4.69) is 21.2 Å². The van der Waals surface area contributed by atoms with Gasteiger partial charge >= 0.3 is 0 Å². The van der Waals surface area contributed by atoms with Crippen LogP contribution in [0.1, 0.15) is 16.0 Å². The molecule has 0 atom stereocenters. The molecular weight excluding hydrogens is 324 g/mol. The molecule has 0 aliphatic heterocycles. The molecule has 0 unspecified atom stereocenters. The maximum Gasteiger partial charge on any atom is 0.224 e. The van der Waals surface area contributed by atoms with Gasteiger partial charge in [0.2, 0.25) is 5.91 Å². The summed E-state index contributed by atoms with van der Waals surface area (Å²) in [6.07, 6.45) is 0.371. The average Bonchev–Trinajstić information content (AvgIpc) is 2.82. The predicted molar refractivity (Wildman–Crippen MR) is 81.9 cm³/mol. The van der Waals surface area contributed by atoms with Crippen molar-refractivity contribution in [1.29, 1.82) is 0 Å². The molecule has 0 saturated heterocycles. The zero-order valence-electron chi connectivity index (χ0n) is 10.4. The SMILES string of the molecule is NCc1ccccc1CC(=O)NCc1sccc1Br. The minimum atomic E-state index is 0.0150. The number of rotatable bonds is 5. The molecule has 0 bridgehead atoms. The molecule has 0 spiro atoms. The smallest absolute Gasteiger partial charge is 0.224 e. The van der Waals surface area contributed by atoms with Gasteiger partial charge < -0.3 is 11.1 Å². The standard InChI is InChI=1S/C14H15BrN2OS/c15-12-5-6-19-13(12)9-17-14(18)7-10-3-1-2-4-11(10)8-16/h1-6H,7-9,16H2,(H,17,18). The molecule has 2 aromatic rings. The molecule has 1 heterocycles. The summed E-state index contributed by atoms with van der Waals surface area (Å²) in [4.78, 5) is 13.0. The number of nitrogens with two attached hydrogens (primary N) is 1. The van der Waals surface area contributed by atoms with Crippen molar-refractivity contribution in [2.24, 2.45) is 5.73 Å². The molecule has 5 heteroatoms. The largest absolute Gasteiger partial charge is 0.351 e. The van der Waals surface area contributed by atoms with Crippen LogP contribution in [-0.2, 0) is 24.3 Å². The van der Waals surface area contributed by atoms with E-state index in [1.807, 2.05) is 35.7 Å². The van der Waals surface area contributed by atoms with E-state index < -0.39 is 0 Å². The van der Waals surface area contributed by atoms with Gasteiger partial charge in [0.05, 0.1) is 13.0 Å². The van der Waals surface area contributed by atoms with Crippen molar-refractivity contribution >= 4 is 33.2 Å². The average molecular weight is 339 g/mol. The minimum Gasteiger partial charge on any atom is -0.351 e. The number of hydrogen-bond donors (Lipinski definition) is 2. The van der Waals surface area contributed by atoms with E-state index in [0.29, 0.717) is 19.5 Å². The summed E-state index contributed by atoms with van der Waals surface area (Å²) in [5, 5.41) is 4.92. The first-order valence-corrected chi connectivity index (χ1v) is 7.63. The Balaban J connectivity index is 1.93. The summed E-state index contributed by atoms with van der Waals surface area (Å²) >= 11 is 5.07. The normalized spacial score (nSPS) is 10.4. The van der Waals surface area contributed by atoms with Gasteiger partial charge in [-0.05, 0) is 38.5 Å². The first-order chi connectivity index (χ1) is 9.20. The number of thiophene rings is 1. The highest BCUT2D eigenvalue weighted by Gasteiger charge is 2.08. The molecule has 2 rings (SSSR count). The second-order valence-electron chi connectivity index (χ2n) is 4.12. The third kappa shape index (κ3) is 3.89. The fraction of sp³-hybridized carbons (Fsp3) is 0.214. The Morgan fingerprint density at radius 1 is 1.26 bits per heavy atom. The van der Waals surface area contributed by atoms with Crippen molar-refractivity contribution < 1.29 is 4.79 Å². The Hall–Kier alpha value is -1.17. The minimum absolute atomic E-state index is 0.0150. The summed E-state index contributed by atoms with van der Waals surface area (Å²) in [7, 11) is 0. The van der Waals surface area contributed by atoms with Crippen LogP contribution in [0, 0.1) is 0 Å². The summed E-state index contributed by atoms with van der Waals surface area (Å²) in [5.41, 5.74) is 7.68. The summed E-state index contributed by atoms with van der Waals surface area (Å²) < 4.78 is 1.04. The molecule has 0 aliphatic rings. The molecule has 1 amide bonds. The lowest BCUT2D eigenvalue weighted by molar-refractivity contribution is -0.120. The molecule has 3 nitrogen and oxygen atoms in total. The Bertz CT molecular complexity index is 568. The maximum atomic E-state index is 11.9. The zero-order valence-corrected chi connectivity index (χ0v) is 12.8. The van der Waals surface area contributed by atoms with Gasteiger partial charge in [0.1, 0.15) is 0 Å². The topological polar surface area (TPSA) is 55.1 Å². The summed E-state index contributed by atoms with van der Waals surface area (Å²) in [6, 6.07) is 9.75. The third-order valence-electron chi connectivity index (χ3n) is 2.83. The Labute approximate surface area is 125 Å². The van der Waals surface area contributed by atoms with Crippen LogP contribution < -0.4 is 11.1 Å². The van der Waals surface area contributed by atoms with Gasteiger partial charge in [-0.15, -0.1) is 11.3 Å². The van der Waals surface area contributed by atoms with Crippen molar-refractivity contribution in [3.63, 3.8) is 0 Å². The van der Waals surface area contributed by atoms with Gasteiger partial charge in [-0.2, -0.15) is 0 Å². The Morgan fingerprint density at radius 3 is 2.63 bits per heavy atom. The van der Waals surface area contributed by atoms with E-state index in [4.69, 9.17) is 5.73 Å². The lowest BCUT2D eigenvalue weighted by atomic mass is 10.0. The fourth-order valence-corrected chi connectivity index (χ4v) is 3.23. The highest BCUT2D eigenvalue weighted by molar-refractivity contribution is 9.10. The van der Waals surface area contributed by atoms with E-state index in [1.165, 1.54) is 0 Å². The number of hydrogen-bond acceptors (Lipinski definition) is 3. The maximum absolute atomic E-state index is 11.9. The third-order valence-corrected chi connectivity index (χ3v) is 4.75. The first-order valence-electron chi connectivity index (χ1n) is 5.96. The number of amides is 1. The fourth-order valence-electron chi connectivity index (χ4n) is 1.79. The van der Waals surface area contributed by atoms with E-state index in [-0.39, 0.29) is 5.91 Å². The van der Waals surface area contributed by atoms with Crippen molar-refractivity contribution in [2.45, 2.75) is 19.5 Å². The monoisotopic (exact) mass is 338 g/mol. The van der Waals surface area contributed by atoms with Gasteiger partial charge in [-0.1, -0.05) is 24.3 Å². The first kappa shape index (κ1) is 14.2. The number of nitrogens with one attached hydrogen (secondary N) is 1. The molecule has 19 heavy (non-hydrogen) atoms. The highest BCUT2D eigenvalue weighted by Crippen LogP contribution is 2.22. The molecule has 0 radical (unpaired) electrons. The Morgan fingerprint density at radius 2 is 2.00 bits per heavy atom. The summed E-state index contributed by atoms with van der Waals surface area (Å²) in [6.45, 7) is 1.02. The van der Waals surface area contributed by atoms with Crippen molar-refractivity contribution in [3.8, 4) is 0 Å². The molecule has 1 aromatic carbocycles. The second-order valence-corrected chi connectivity index (χ2v) is 5.97. The lowest BCUT2D eigenvalue weighted by Crippen LogP contribution is -2.24. The van der Waals surface area contributed by atoms with Crippen molar-refractivity contribution in [1.82, 2.24) is 5.32 Å². The van der Waals surface area contributed by atoms with E-state index in [1.54, 1.807) is 11.3 Å². The molecule has 0 saturated carbocycles. The van der Waals surface area contributed by atoms with Crippen LogP contribution >= 0.6 is 27.3 Å². The zero-order chi connectivity index (χ0) is 13.7. The number of carbonyl (C=O) groups is 1. The number of benzene rings is 1. The van der Waals surface area contributed by atoms with Crippen LogP contribution in [0.5, 0.6) is 0 Å². The molecule has 3 N–H and O–H groups in total. The second kappa shape index (κ2) is 6.84. The van der Waals surface area contributed by atoms with Crippen LogP contribution in [0.25, 0.3) is 0 Å². The predicted octanol–water partition coefficient (Wildman–Crippen LogP) is 2.83. The van der Waals surface area contributed by atoms with Gasteiger partial charge in [0.15, 0.2) is 0 Å². The van der Waals surface area contributed by atoms with Crippen LogP contribution in [0.4, 0.5) is 0 Å². The highest BCUT2D eigenvalue weighted by atomic mass is 79.9. The van der Waals surface area contributed by atoms with E-state index in [9.17, 15) is 4.79 Å². The number of halogens is 1. The molecule has 0 fully saturated rings. The van der Waals surface area contributed by atoms with Gasteiger partial charge in [0, 0.05) is 15.9 Å². The summed E-state index contributed by atoms with van der Waals surface area (Å²) in [5.74, 6) is 0.0150. The van der Waals surface area contributed by atoms with Crippen molar-refractivity contribution in [3.05, 3.63) is 56.2 Å². The van der Waals surface area contributed by atoms with Crippen LogP contribution in [-0.4, -0.2) is 5.91 Å². The molecule has 100 valence electrons. The molecule has 1 aromatic heterocycles. The Kier molecular flexibility index (Phi) is 5.13. The number of carbonyl (C=O) groups excluding carboxylic acids is 1. The molecule has 0 aliphatic carbocycles. The van der Waals surface area contributed by atoms with Crippen LogP contribution in [0.2, 0.25) is 0 Å².